The zero-order valence-corrected chi connectivity index (χ0v) is 8.82. The lowest BCUT2D eigenvalue weighted by Crippen LogP contribution is -2.39. The van der Waals surface area contributed by atoms with E-state index in [4.69, 9.17) is 4.74 Å². The first-order valence-electron chi connectivity index (χ1n) is 5.08. The summed E-state index contributed by atoms with van der Waals surface area (Å²) in [6.07, 6.45) is 1.62. The lowest BCUT2D eigenvalue weighted by Gasteiger charge is -2.06. The molecule has 0 saturated heterocycles. The SMILES string of the molecule is CCCCNNC(=O)Oc1ccccc1. The molecule has 1 amide bonds. The van der Waals surface area contributed by atoms with Crippen molar-refractivity contribution in [3.63, 3.8) is 0 Å². The molecular formula is C11H16N2O2. The molecule has 2 N–H and O–H groups in total. The molecule has 4 nitrogen and oxygen atoms in total. The molecule has 0 aliphatic rings. The highest BCUT2D eigenvalue weighted by Crippen LogP contribution is 2.07. The second-order valence-corrected chi connectivity index (χ2v) is 3.11. The first kappa shape index (κ1) is 11.5. The molecule has 1 rings (SSSR count). The van der Waals surface area contributed by atoms with E-state index in [1.165, 1.54) is 0 Å². The van der Waals surface area contributed by atoms with Crippen LogP contribution in [0.4, 0.5) is 4.79 Å². The number of carbonyl (C=O) groups is 1. The van der Waals surface area contributed by atoms with Crippen molar-refractivity contribution in [1.82, 2.24) is 10.9 Å². The Balaban J connectivity index is 2.19. The van der Waals surface area contributed by atoms with Gasteiger partial charge in [0.15, 0.2) is 0 Å². The highest BCUT2D eigenvalue weighted by molar-refractivity contribution is 5.69. The molecule has 0 radical (unpaired) electrons. The van der Waals surface area contributed by atoms with E-state index >= 15 is 0 Å². The number of rotatable bonds is 5. The largest absolute Gasteiger partial charge is 0.427 e. The van der Waals surface area contributed by atoms with Crippen molar-refractivity contribution in [1.29, 1.82) is 0 Å². The van der Waals surface area contributed by atoms with E-state index in [1.54, 1.807) is 12.1 Å². The number of para-hydroxylation sites is 1. The molecule has 0 atom stereocenters. The van der Waals surface area contributed by atoms with Gasteiger partial charge in [-0.1, -0.05) is 31.5 Å². The molecule has 0 aromatic heterocycles. The molecule has 15 heavy (non-hydrogen) atoms. The van der Waals surface area contributed by atoms with Crippen molar-refractivity contribution in [2.24, 2.45) is 0 Å². The Hall–Kier alpha value is -1.55. The van der Waals surface area contributed by atoms with E-state index in [-0.39, 0.29) is 0 Å². The molecule has 1 aromatic carbocycles. The Labute approximate surface area is 89.6 Å². The number of nitrogens with one attached hydrogen (secondary N) is 2. The van der Waals surface area contributed by atoms with Crippen LogP contribution in [0.25, 0.3) is 0 Å². The zero-order valence-electron chi connectivity index (χ0n) is 8.82. The quantitative estimate of drug-likeness (QED) is 0.575. The highest BCUT2D eigenvalue weighted by Gasteiger charge is 2.01. The minimum atomic E-state index is -0.489. The molecule has 0 heterocycles. The van der Waals surface area contributed by atoms with Crippen LogP contribution in [-0.2, 0) is 0 Å². The number of ether oxygens (including phenoxy) is 1. The summed E-state index contributed by atoms with van der Waals surface area (Å²) in [5.41, 5.74) is 5.24. The van der Waals surface area contributed by atoms with E-state index in [9.17, 15) is 4.79 Å². The van der Waals surface area contributed by atoms with Crippen molar-refractivity contribution in [2.45, 2.75) is 19.8 Å². The fraction of sp³-hybridized carbons (Fsp3) is 0.364. The van der Waals surface area contributed by atoms with Crippen LogP contribution in [0.5, 0.6) is 5.75 Å². The number of unbranched alkanes of at least 4 members (excludes halogenated alkanes) is 1. The van der Waals surface area contributed by atoms with E-state index in [0.717, 1.165) is 19.4 Å². The van der Waals surface area contributed by atoms with Crippen LogP contribution < -0.4 is 15.6 Å². The predicted molar refractivity (Wildman–Crippen MR) is 58.5 cm³/mol. The van der Waals surface area contributed by atoms with Gasteiger partial charge in [-0.3, -0.25) is 5.43 Å². The number of benzene rings is 1. The van der Waals surface area contributed by atoms with Crippen LogP contribution in [-0.4, -0.2) is 12.6 Å². The second-order valence-electron chi connectivity index (χ2n) is 3.11. The molecule has 0 saturated carbocycles. The van der Waals surface area contributed by atoms with Gasteiger partial charge in [-0.05, 0) is 18.6 Å². The van der Waals surface area contributed by atoms with Gasteiger partial charge >= 0.3 is 6.09 Å². The number of hydrazine groups is 1. The standard InChI is InChI=1S/C11H16N2O2/c1-2-3-9-12-13-11(14)15-10-7-5-4-6-8-10/h4-8,12H,2-3,9H2,1H3,(H,13,14). The van der Waals surface area contributed by atoms with Gasteiger partial charge in [0.25, 0.3) is 0 Å². The van der Waals surface area contributed by atoms with Gasteiger partial charge in [-0.2, -0.15) is 0 Å². The lowest BCUT2D eigenvalue weighted by molar-refractivity contribution is 0.195. The molecule has 4 heteroatoms. The summed E-state index contributed by atoms with van der Waals surface area (Å²) in [5, 5.41) is 0. The van der Waals surface area contributed by atoms with Gasteiger partial charge < -0.3 is 4.74 Å². The maximum Gasteiger partial charge on any atom is 0.427 e. The zero-order chi connectivity index (χ0) is 10.9. The summed E-state index contributed by atoms with van der Waals surface area (Å²) < 4.78 is 4.98. The summed E-state index contributed by atoms with van der Waals surface area (Å²) in [7, 11) is 0. The molecule has 1 aromatic rings. The first-order valence-corrected chi connectivity index (χ1v) is 5.08. The third-order valence-electron chi connectivity index (χ3n) is 1.80. The molecule has 0 unspecified atom stereocenters. The van der Waals surface area contributed by atoms with Gasteiger partial charge in [0.2, 0.25) is 0 Å². The third-order valence-corrected chi connectivity index (χ3v) is 1.80. The van der Waals surface area contributed by atoms with Crippen molar-refractivity contribution in [3.05, 3.63) is 30.3 Å². The van der Waals surface area contributed by atoms with Crippen molar-refractivity contribution in [2.75, 3.05) is 6.54 Å². The fourth-order valence-corrected chi connectivity index (χ4v) is 1.02. The Morgan fingerprint density at radius 3 is 2.73 bits per heavy atom. The molecular weight excluding hydrogens is 192 g/mol. The molecule has 0 spiro atoms. The molecule has 82 valence electrons. The number of hydrogen-bond acceptors (Lipinski definition) is 3. The summed E-state index contributed by atoms with van der Waals surface area (Å²) in [4.78, 5) is 11.2. The van der Waals surface area contributed by atoms with E-state index in [1.807, 2.05) is 18.2 Å². The van der Waals surface area contributed by atoms with E-state index < -0.39 is 6.09 Å². The topological polar surface area (TPSA) is 50.4 Å². The van der Waals surface area contributed by atoms with Crippen molar-refractivity contribution < 1.29 is 9.53 Å². The van der Waals surface area contributed by atoms with Gasteiger partial charge in [0.1, 0.15) is 5.75 Å². The maximum atomic E-state index is 11.2. The Morgan fingerprint density at radius 2 is 2.07 bits per heavy atom. The van der Waals surface area contributed by atoms with Crippen LogP contribution in [0.1, 0.15) is 19.8 Å². The lowest BCUT2D eigenvalue weighted by atomic mass is 10.3. The summed E-state index contributed by atoms with van der Waals surface area (Å²) in [6.45, 7) is 2.84. The van der Waals surface area contributed by atoms with Crippen LogP contribution in [0, 0.1) is 0 Å². The Kier molecular flexibility index (Phi) is 5.25. The monoisotopic (exact) mass is 208 g/mol. The smallest absolute Gasteiger partial charge is 0.409 e. The minimum Gasteiger partial charge on any atom is -0.409 e. The Morgan fingerprint density at radius 1 is 1.33 bits per heavy atom. The van der Waals surface area contributed by atoms with E-state index in [0.29, 0.717) is 5.75 Å². The van der Waals surface area contributed by atoms with Crippen molar-refractivity contribution >= 4 is 6.09 Å². The summed E-state index contributed by atoms with van der Waals surface area (Å²) in [6, 6.07) is 8.95. The average molecular weight is 208 g/mol. The van der Waals surface area contributed by atoms with Gasteiger partial charge in [-0.15, -0.1) is 0 Å². The Bertz CT molecular complexity index is 288. The molecule has 0 aliphatic heterocycles. The number of amides is 1. The average Bonchev–Trinajstić information content (AvgIpc) is 2.26. The fourth-order valence-electron chi connectivity index (χ4n) is 1.02. The van der Waals surface area contributed by atoms with Crippen molar-refractivity contribution in [3.8, 4) is 5.75 Å². The highest BCUT2D eigenvalue weighted by atomic mass is 16.6. The second kappa shape index (κ2) is 6.84. The molecule has 0 bridgehead atoms. The summed E-state index contributed by atoms with van der Waals surface area (Å²) >= 11 is 0. The summed E-state index contributed by atoms with van der Waals surface area (Å²) in [5.74, 6) is 0.535. The third kappa shape index (κ3) is 5.02. The molecule has 0 fully saturated rings. The van der Waals surface area contributed by atoms with Gasteiger partial charge in [-0.25, -0.2) is 10.2 Å². The number of carbonyl (C=O) groups excluding carboxylic acids is 1. The van der Waals surface area contributed by atoms with Crippen LogP contribution >= 0.6 is 0 Å². The van der Waals surface area contributed by atoms with Gasteiger partial charge in [0.05, 0.1) is 0 Å². The normalized spacial score (nSPS) is 9.67. The van der Waals surface area contributed by atoms with Gasteiger partial charge in [0, 0.05) is 6.54 Å². The minimum absolute atomic E-state index is 0.489. The number of hydrogen-bond donors (Lipinski definition) is 2. The van der Waals surface area contributed by atoms with Crippen LogP contribution in [0.15, 0.2) is 30.3 Å². The van der Waals surface area contributed by atoms with E-state index in [2.05, 4.69) is 17.8 Å². The van der Waals surface area contributed by atoms with Crippen LogP contribution in [0.3, 0.4) is 0 Å². The van der Waals surface area contributed by atoms with Crippen LogP contribution in [0.2, 0.25) is 0 Å². The predicted octanol–water partition coefficient (Wildman–Crippen LogP) is 2.08. The molecule has 0 aliphatic carbocycles. The maximum absolute atomic E-state index is 11.2. The first-order chi connectivity index (χ1) is 7.33.